The monoisotopic (exact) mass is 173 g/mol. The second-order valence-corrected chi connectivity index (χ2v) is 2.59. The first kappa shape index (κ1) is 7.58. The van der Waals surface area contributed by atoms with E-state index in [0.717, 1.165) is 10.9 Å². The number of hydrogen-bond acceptors (Lipinski definition) is 4. The van der Waals surface area contributed by atoms with E-state index in [2.05, 4.69) is 15.6 Å². The Kier molecular flexibility index (Phi) is 1.61. The lowest BCUT2D eigenvalue weighted by molar-refractivity contribution is 1.10. The first-order valence-corrected chi connectivity index (χ1v) is 3.70. The van der Waals surface area contributed by atoms with E-state index in [1.807, 2.05) is 6.07 Å². The predicted molar refractivity (Wildman–Crippen MR) is 48.6 cm³/mol. The van der Waals surface area contributed by atoms with Crippen molar-refractivity contribution in [3.63, 3.8) is 0 Å². The summed E-state index contributed by atoms with van der Waals surface area (Å²) in [5, 5.41) is 16.2. The van der Waals surface area contributed by atoms with Gasteiger partial charge in [-0.2, -0.15) is 10.4 Å². The number of hydrazine groups is 1. The first-order valence-electron chi connectivity index (χ1n) is 3.70. The Morgan fingerprint density at radius 2 is 2.38 bits per heavy atom. The molecule has 0 atom stereocenters. The van der Waals surface area contributed by atoms with Gasteiger partial charge in [0.05, 0.1) is 17.1 Å². The molecule has 64 valence electrons. The zero-order valence-corrected chi connectivity index (χ0v) is 6.70. The van der Waals surface area contributed by atoms with Crippen molar-refractivity contribution in [2.24, 2.45) is 5.84 Å². The molecule has 0 bridgehead atoms. The molecule has 0 spiro atoms. The van der Waals surface area contributed by atoms with Crippen LogP contribution in [0.25, 0.3) is 10.9 Å². The Morgan fingerprint density at radius 1 is 1.54 bits per heavy atom. The number of fused-ring (bicyclic) bond motifs is 1. The molecule has 0 aliphatic carbocycles. The van der Waals surface area contributed by atoms with E-state index in [9.17, 15) is 0 Å². The molecule has 0 radical (unpaired) electrons. The van der Waals surface area contributed by atoms with Crippen LogP contribution in [0.15, 0.2) is 18.2 Å². The quantitative estimate of drug-likeness (QED) is 0.437. The maximum absolute atomic E-state index is 8.67. The standard InChI is InChI=1S/C8H7N5/c9-4-5-1-2-7-6(3-5)8(11-10)13-12-7/h1-3H,10H2,(H2,11,12,13). The molecule has 0 saturated carbocycles. The summed E-state index contributed by atoms with van der Waals surface area (Å²) in [4.78, 5) is 0. The second-order valence-electron chi connectivity index (χ2n) is 2.59. The van der Waals surface area contributed by atoms with Crippen LogP contribution in [0, 0.1) is 11.3 Å². The van der Waals surface area contributed by atoms with Crippen LogP contribution < -0.4 is 11.3 Å². The Balaban J connectivity index is 2.73. The smallest absolute Gasteiger partial charge is 0.169 e. The minimum Gasteiger partial charge on any atom is -0.306 e. The van der Waals surface area contributed by atoms with E-state index in [4.69, 9.17) is 11.1 Å². The third-order valence-electron chi connectivity index (χ3n) is 1.83. The van der Waals surface area contributed by atoms with E-state index in [1.54, 1.807) is 18.2 Å². The number of H-pyrrole nitrogens is 1. The fourth-order valence-electron chi connectivity index (χ4n) is 1.19. The fraction of sp³-hybridized carbons (Fsp3) is 0. The van der Waals surface area contributed by atoms with Gasteiger partial charge in [-0.3, -0.25) is 5.10 Å². The summed E-state index contributed by atoms with van der Waals surface area (Å²) in [5.41, 5.74) is 3.89. The van der Waals surface area contributed by atoms with Gasteiger partial charge in [0.1, 0.15) is 0 Å². The highest BCUT2D eigenvalue weighted by Gasteiger charge is 2.03. The van der Waals surface area contributed by atoms with Gasteiger partial charge in [0.15, 0.2) is 5.82 Å². The second kappa shape index (κ2) is 2.77. The molecule has 0 amide bonds. The molecule has 5 heteroatoms. The van der Waals surface area contributed by atoms with E-state index >= 15 is 0 Å². The molecule has 2 rings (SSSR count). The molecule has 1 aromatic heterocycles. The maximum atomic E-state index is 8.67. The van der Waals surface area contributed by atoms with E-state index in [0.29, 0.717) is 11.4 Å². The number of benzene rings is 1. The van der Waals surface area contributed by atoms with Gasteiger partial charge in [0.25, 0.3) is 0 Å². The van der Waals surface area contributed by atoms with Gasteiger partial charge in [0.2, 0.25) is 0 Å². The average molecular weight is 173 g/mol. The molecule has 4 N–H and O–H groups in total. The summed E-state index contributed by atoms with van der Waals surface area (Å²) in [7, 11) is 0. The number of hydrogen-bond donors (Lipinski definition) is 3. The van der Waals surface area contributed by atoms with Gasteiger partial charge < -0.3 is 5.43 Å². The average Bonchev–Trinajstić information content (AvgIpc) is 2.59. The largest absolute Gasteiger partial charge is 0.306 e. The molecule has 13 heavy (non-hydrogen) atoms. The normalized spacial score (nSPS) is 9.85. The van der Waals surface area contributed by atoms with E-state index in [1.165, 1.54) is 0 Å². The molecule has 0 aliphatic rings. The lowest BCUT2D eigenvalue weighted by Crippen LogP contribution is -2.07. The maximum Gasteiger partial charge on any atom is 0.169 e. The third kappa shape index (κ3) is 1.09. The van der Waals surface area contributed by atoms with Crippen molar-refractivity contribution < 1.29 is 0 Å². The number of aromatic amines is 1. The number of aromatic nitrogens is 2. The summed E-state index contributed by atoms with van der Waals surface area (Å²) >= 11 is 0. The first-order chi connectivity index (χ1) is 6.35. The lowest BCUT2D eigenvalue weighted by Gasteiger charge is -1.93. The number of nitrogens with two attached hydrogens (primary N) is 1. The third-order valence-corrected chi connectivity index (χ3v) is 1.83. The highest BCUT2D eigenvalue weighted by atomic mass is 15.3. The summed E-state index contributed by atoms with van der Waals surface area (Å²) in [6, 6.07) is 7.30. The van der Waals surface area contributed by atoms with Crippen LogP contribution in [0.3, 0.4) is 0 Å². The summed E-state index contributed by atoms with van der Waals surface area (Å²) in [5.74, 6) is 5.78. The molecule has 1 aromatic carbocycles. The summed E-state index contributed by atoms with van der Waals surface area (Å²) in [6.07, 6.45) is 0. The van der Waals surface area contributed by atoms with Crippen LogP contribution in [-0.2, 0) is 0 Å². The molecule has 0 aliphatic heterocycles. The van der Waals surface area contributed by atoms with E-state index < -0.39 is 0 Å². The van der Waals surface area contributed by atoms with Crippen LogP contribution >= 0.6 is 0 Å². The number of nitriles is 1. The molecular formula is C8H7N5. The number of rotatable bonds is 1. The van der Waals surface area contributed by atoms with Crippen LogP contribution in [0.4, 0.5) is 5.82 Å². The van der Waals surface area contributed by atoms with Gasteiger partial charge in [-0.1, -0.05) is 0 Å². The van der Waals surface area contributed by atoms with Crippen LogP contribution in [0.2, 0.25) is 0 Å². The molecule has 2 aromatic rings. The lowest BCUT2D eigenvalue weighted by atomic mass is 10.2. The van der Waals surface area contributed by atoms with Gasteiger partial charge in [-0.05, 0) is 18.2 Å². The predicted octanol–water partition coefficient (Wildman–Crippen LogP) is 0.720. The molecule has 0 fully saturated rings. The van der Waals surface area contributed by atoms with Crippen molar-refractivity contribution in [3.8, 4) is 6.07 Å². The number of anilines is 1. The van der Waals surface area contributed by atoms with Crippen molar-refractivity contribution in [1.29, 1.82) is 5.26 Å². The van der Waals surface area contributed by atoms with Crippen LogP contribution in [0.1, 0.15) is 5.56 Å². The highest BCUT2D eigenvalue weighted by Crippen LogP contribution is 2.20. The van der Waals surface area contributed by atoms with Crippen LogP contribution in [0.5, 0.6) is 0 Å². The minimum atomic E-state index is 0.548. The fourth-order valence-corrected chi connectivity index (χ4v) is 1.19. The SMILES string of the molecule is N#Cc1ccc2[nH]nc(NN)c2c1. The Bertz CT molecular complexity index is 479. The highest BCUT2D eigenvalue weighted by molar-refractivity contribution is 5.90. The van der Waals surface area contributed by atoms with Crippen molar-refractivity contribution >= 4 is 16.7 Å². The van der Waals surface area contributed by atoms with Gasteiger partial charge in [-0.15, -0.1) is 0 Å². The van der Waals surface area contributed by atoms with Crippen molar-refractivity contribution in [3.05, 3.63) is 23.8 Å². The molecule has 1 heterocycles. The number of nitrogen functional groups attached to an aromatic ring is 1. The summed E-state index contributed by atoms with van der Waals surface area (Å²) < 4.78 is 0. The Labute approximate surface area is 74.1 Å². The molecule has 0 unspecified atom stereocenters. The zero-order valence-electron chi connectivity index (χ0n) is 6.70. The van der Waals surface area contributed by atoms with Crippen molar-refractivity contribution in [1.82, 2.24) is 10.2 Å². The number of nitrogens with one attached hydrogen (secondary N) is 2. The topological polar surface area (TPSA) is 90.5 Å². The Morgan fingerprint density at radius 3 is 3.08 bits per heavy atom. The molecule has 0 saturated heterocycles. The van der Waals surface area contributed by atoms with Gasteiger partial charge in [-0.25, -0.2) is 5.84 Å². The van der Waals surface area contributed by atoms with Gasteiger partial charge in [0, 0.05) is 5.39 Å². The summed E-state index contributed by atoms with van der Waals surface area (Å²) in [6.45, 7) is 0. The zero-order chi connectivity index (χ0) is 9.26. The van der Waals surface area contributed by atoms with Crippen LogP contribution in [-0.4, -0.2) is 10.2 Å². The van der Waals surface area contributed by atoms with Crippen molar-refractivity contribution in [2.45, 2.75) is 0 Å². The molecular weight excluding hydrogens is 166 g/mol. The minimum absolute atomic E-state index is 0.548. The Hall–Kier alpha value is -2.06. The van der Waals surface area contributed by atoms with Gasteiger partial charge >= 0.3 is 0 Å². The number of nitrogens with zero attached hydrogens (tertiary/aromatic N) is 2. The van der Waals surface area contributed by atoms with E-state index in [-0.39, 0.29) is 0 Å². The van der Waals surface area contributed by atoms with Crippen molar-refractivity contribution in [2.75, 3.05) is 5.43 Å². The molecule has 5 nitrogen and oxygen atoms in total.